The molecule has 0 unspecified atom stereocenters. The number of carbonyl (C=O) groups excluding carboxylic acids is 1. The summed E-state index contributed by atoms with van der Waals surface area (Å²) in [6.45, 7) is 2.00. The van der Waals surface area contributed by atoms with Crippen LogP contribution in [0.4, 0.5) is 5.69 Å². The standard InChI is InChI=1S/C12H10N4O2/c1-2-18-12(17)9-4-3-5-10(6-9)15-16-11(7-13)8-14/h3-6,11H,2H2,1H3. The zero-order valence-corrected chi connectivity index (χ0v) is 9.70. The summed E-state index contributed by atoms with van der Waals surface area (Å²) in [7, 11) is 0. The zero-order chi connectivity index (χ0) is 13.4. The van der Waals surface area contributed by atoms with Crippen LogP contribution in [0.15, 0.2) is 34.5 Å². The second-order valence-corrected chi connectivity index (χ2v) is 3.15. The topological polar surface area (TPSA) is 98.6 Å². The third-order valence-electron chi connectivity index (χ3n) is 1.89. The van der Waals surface area contributed by atoms with Gasteiger partial charge in [-0.2, -0.15) is 20.8 Å². The Labute approximate surface area is 104 Å². The molecule has 0 bridgehead atoms. The number of ether oxygens (including phenoxy) is 1. The summed E-state index contributed by atoms with van der Waals surface area (Å²) in [6, 6.07) is 8.49. The summed E-state index contributed by atoms with van der Waals surface area (Å²) in [5, 5.41) is 24.3. The van der Waals surface area contributed by atoms with Crippen molar-refractivity contribution < 1.29 is 9.53 Å². The van der Waals surface area contributed by atoms with Crippen LogP contribution in [-0.4, -0.2) is 18.6 Å². The minimum absolute atomic E-state index is 0.287. The van der Waals surface area contributed by atoms with Crippen molar-refractivity contribution in [2.75, 3.05) is 6.61 Å². The summed E-state index contributed by atoms with van der Waals surface area (Å²) < 4.78 is 4.83. The largest absolute Gasteiger partial charge is 0.462 e. The molecule has 0 fully saturated rings. The Hall–Kier alpha value is -2.73. The number of nitriles is 2. The van der Waals surface area contributed by atoms with Crippen LogP contribution in [0.1, 0.15) is 17.3 Å². The van der Waals surface area contributed by atoms with Gasteiger partial charge in [0, 0.05) is 0 Å². The van der Waals surface area contributed by atoms with Crippen LogP contribution in [-0.2, 0) is 4.74 Å². The van der Waals surface area contributed by atoms with Gasteiger partial charge in [-0.15, -0.1) is 0 Å². The monoisotopic (exact) mass is 242 g/mol. The molecule has 0 aliphatic rings. The maximum absolute atomic E-state index is 11.4. The van der Waals surface area contributed by atoms with Crippen molar-refractivity contribution in [3.8, 4) is 12.1 Å². The van der Waals surface area contributed by atoms with Crippen molar-refractivity contribution in [1.29, 1.82) is 10.5 Å². The van der Waals surface area contributed by atoms with E-state index >= 15 is 0 Å². The highest BCUT2D eigenvalue weighted by Crippen LogP contribution is 2.15. The van der Waals surface area contributed by atoms with Gasteiger partial charge >= 0.3 is 5.97 Å². The number of nitrogens with zero attached hydrogens (tertiary/aromatic N) is 4. The summed E-state index contributed by atoms with van der Waals surface area (Å²) in [4.78, 5) is 11.4. The van der Waals surface area contributed by atoms with Crippen molar-refractivity contribution >= 4 is 11.7 Å². The number of hydrogen-bond donors (Lipinski definition) is 0. The summed E-state index contributed by atoms with van der Waals surface area (Å²) in [5.74, 6) is -0.452. The number of esters is 1. The first-order valence-corrected chi connectivity index (χ1v) is 5.18. The Bertz CT molecular complexity index is 526. The van der Waals surface area contributed by atoms with Crippen LogP contribution in [0.3, 0.4) is 0 Å². The van der Waals surface area contributed by atoms with Gasteiger partial charge in [-0.05, 0) is 25.1 Å². The average molecular weight is 242 g/mol. The van der Waals surface area contributed by atoms with E-state index in [-0.39, 0.29) is 6.61 Å². The number of benzene rings is 1. The smallest absolute Gasteiger partial charge is 0.338 e. The predicted octanol–water partition coefficient (Wildman–Crippen LogP) is 2.36. The van der Waals surface area contributed by atoms with E-state index in [0.717, 1.165) is 0 Å². The van der Waals surface area contributed by atoms with Gasteiger partial charge in [-0.1, -0.05) is 6.07 Å². The van der Waals surface area contributed by atoms with Gasteiger partial charge in [0.1, 0.15) is 12.1 Å². The Kier molecular flexibility index (Phi) is 5.01. The summed E-state index contributed by atoms with van der Waals surface area (Å²) in [6.07, 6.45) is 0. The van der Waals surface area contributed by atoms with E-state index < -0.39 is 12.0 Å². The lowest BCUT2D eigenvalue weighted by atomic mass is 10.2. The minimum Gasteiger partial charge on any atom is -0.462 e. The van der Waals surface area contributed by atoms with E-state index in [1.807, 2.05) is 0 Å². The highest BCUT2D eigenvalue weighted by Gasteiger charge is 2.07. The lowest BCUT2D eigenvalue weighted by molar-refractivity contribution is 0.0526. The van der Waals surface area contributed by atoms with Crippen LogP contribution in [0.25, 0.3) is 0 Å². The number of azo groups is 1. The molecule has 6 nitrogen and oxygen atoms in total. The number of hydrogen-bond acceptors (Lipinski definition) is 6. The van der Waals surface area contributed by atoms with Crippen molar-refractivity contribution in [1.82, 2.24) is 0 Å². The zero-order valence-electron chi connectivity index (χ0n) is 9.70. The Morgan fingerprint density at radius 1 is 1.44 bits per heavy atom. The second kappa shape index (κ2) is 6.77. The maximum atomic E-state index is 11.4. The maximum Gasteiger partial charge on any atom is 0.338 e. The van der Waals surface area contributed by atoms with Gasteiger partial charge in [0.05, 0.1) is 17.9 Å². The fourth-order valence-corrected chi connectivity index (χ4v) is 1.11. The molecule has 0 heterocycles. The molecule has 1 aromatic carbocycles. The van der Waals surface area contributed by atoms with Crippen LogP contribution in [0, 0.1) is 22.7 Å². The fourth-order valence-electron chi connectivity index (χ4n) is 1.11. The van der Waals surface area contributed by atoms with Crippen LogP contribution in [0.5, 0.6) is 0 Å². The lowest BCUT2D eigenvalue weighted by Gasteiger charge is -2.01. The van der Waals surface area contributed by atoms with E-state index in [4.69, 9.17) is 15.3 Å². The van der Waals surface area contributed by atoms with Crippen LogP contribution in [0.2, 0.25) is 0 Å². The highest BCUT2D eigenvalue weighted by atomic mass is 16.5. The van der Waals surface area contributed by atoms with Gasteiger partial charge in [-0.3, -0.25) is 0 Å². The highest BCUT2D eigenvalue weighted by molar-refractivity contribution is 5.90. The van der Waals surface area contributed by atoms with Gasteiger partial charge < -0.3 is 4.74 Å². The third kappa shape index (κ3) is 3.69. The normalized spacial score (nSPS) is 10.0. The molecule has 0 radical (unpaired) electrons. The first-order valence-electron chi connectivity index (χ1n) is 5.18. The molecule has 0 atom stereocenters. The number of carbonyl (C=O) groups is 1. The van der Waals surface area contributed by atoms with E-state index in [0.29, 0.717) is 11.3 Å². The molecular weight excluding hydrogens is 232 g/mol. The molecule has 18 heavy (non-hydrogen) atoms. The minimum atomic E-state index is -1.14. The van der Waals surface area contributed by atoms with Crippen molar-refractivity contribution in [2.24, 2.45) is 10.2 Å². The Morgan fingerprint density at radius 2 is 2.17 bits per heavy atom. The molecular formula is C12H10N4O2. The first-order chi connectivity index (χ1) is 8.71. The lowest BCUT2D eigenvalue weighted by Crippen LogP contribution is -2.03. The van der Waals surface area contributed by atoms with E-state index in [1.165, 1.54) is 6.07 Å². The van der Waals surface area contributed by atoms with Gasteiger partial charge in [-0.25, -0.2) is 4.79 Å². The quantitative estimate of drug-likeness (QED) is 0.597. The molecule has 0 N–H and O–H groups in total. The van der Waals surface area contributed by atoms with Crippen molar-refractivity contribution in [2.45, 2.75) is 13.0 Å². The average Bonchev–Trinajstić information content (AvgIpc) is 2.40. The molecule has 0 saturated heterocycles. The third-order valence-corrected chi connectivity index (χ3v) is 1.89. The predicted molar refractivity (Wildman–Crippen MR) is 61.9 cm³/mol. The van der Waals surface area contributed by atoms with Gasteiger partial charge in [0.15, 0.2) is 0 Å². The van der Waals surface area contributed by atoms with E-state index in [2.05, 4.69) is 10.2 Å². The molecule has 6 heteroatoms. The molecule has 0 aliphatic carbocycles. The number of rotatable bonds is 4. The molecule has 90 valence electrons. The molecule has 1 aromatic rings. The van der Waals surface area contributed by atoms with Gasteiger partial charge in [0.2, 0.25) is 6.04 Å². The summed E-state index contributed by atoms with van der Waals surface area (Å²) in [5.41, 5.74) is 0.731. The SMILES string of the molecule is CCOC(=O)c1cccc(N=NC(C#N)C#N)c1. The van der Waals surface area contributed by atoms with Crippen molar-refractivity contribution in [3.05, 3.63) is 29.8 Å². The van der Waals surface area contributed by atoms with Crippen LogP contribution < -0.4 is 0 Å². The molecule has 0 spiro atoms. The Morgan fingerprint density at radius 3 is 2.78 bits per heavy atom. The first kappa shape index (κ1) is 13.3. The Balaban J connectivity index is 2.87. The van der Waals surface area contributed by atoms with Crippen LogP contribution >= 0.6 is 0 Å². The van der Waals surface area contributed by atoms with E-state index in [1.54, 1.807) is 37.3 Å². The molecule has 0 amide bonds. The molecule has 1 rings (SSSR count). The van der Waals surface area contributed by atoms with Crippen molar-refractivity contribution in [3.63, 3.8) is 0 Å². The second-order valence-electron chi connectivity index (χ2n) is 3.15. The van der Waals surface area contributed by atoms with E-state index in [9.17, 15) is 4.79 Å². The summed E-state index contributed by atoms with van der Waals surface area (Å²) >= 11 is 0. The molecule has 0 aromatic heterocycles. The van der Waals surface area contributed by atoms with Gasteiger partial charge in [0.25, 0.3) is 0 Å². The molecule has 0 aliphatic heterocycles. The fraction of sp³-hybridized carbons (Fsp3) is 0.250. The molecule has 0 saturated carbocycles.